The highest BCUT2D eigenvalue weighted by Gasteiger charge is 2.54. The van der Waals surface area contributed by atoms with Gasteiger partial charge in [-0.2, -0.15) is 0 Å². The van der Waals surface area contributed by atoms with Crippen molar-refractivity contribution in [2.75, 3.05) is 50.7 Å². The van der Waals surface area contributed by atoms with Gasteiger partial charge in [-0.1, -0.05) is 45.1 Å². The zero-order chi connectivity index (χ0) is 50.1. The van der Waals surface area contributed by atoms with E-state index in [1.165, 1.54) is 20.1 Å². The number of rotatable bonds is 6. The Kier molecular flexibility index (Phi) is 14.7. The van der Waals surface area contributed by atoms with Crippen molar-refractivity contribution in [1.29, 1.82) is 0 Å². The molecule has 70 heavy (non-hydrogen) atoms. The van der Waals surface area contributed by atoms with E-state index in [0.717, 1.165) is 12.4 Å². The number of aromatic nitrogens is 1. The topological polar surface area (TPSA) is 233 Å². The largest absolute Gasteiger partial charge is 0.507 e. The minimum atomic E-state index is -1.94. The maximum absolute atomic E-state index is 14.7. The normalized spacial score (nSPS) is 28.0. The number of carbonyl (C=O) groups is 5. The fourth-order valence-electron chi connectivity index (χ4n) is 9.98. The number of ether oxygens (including phenoxy) is 3. The van der Waals surface area contributed by atoms with Crippen LogP contribution < -0.4 is 20.3 Å². The van der Waals surface area contributed by atoms with Crippen molar-refractivity contribution in [2.45, 2.75) is 116 Å². The number of ketones is 2. The van der Waals surface area contributed by atoms with Gasteiger partial charge in [0, 0.05) is 101 Å². The standard InChI is InChI=1S/C52H65N7O11/c1-30(2)29-57-19-16-52(17-20-57)55-43-40-41-46(64)33(5)48-42(40)49(66)51(6,70-48)68-25-10-8-14-35(69-39(63)28-38(62)59-23-21-58(22-24-59)37-15-7-9-18-53-37)26-34(60)27-36(61)31(3)12-11-13-32(4)50(67)54-45(47(41)65)44(43)56-52/h7,9-13,15,18,25,30-31,34-36,56,60-61,64H,8,14,16-17,19-24,26-29H2,1-6H3,(H,54,67)/b12-11+,25-10+,32-13-/t31?,34?,35-,36-,51?/m1/s1. The average Bonchev–Trinajstić information content (AvgIpc) is 3.83. The Morgan fingerprint density at radius 3 is 2.43 bits per heavy atom. The first kappa shape index (κ1) is 50.0. The Morgan fingerprint density at radius 1 is 0.986 bits per heavy atom. The summed E-state index contributed by atoms with van der Waals surface area (Å²) in [5.41, 5.74) is -0.220. The number of nitrogens with zero attached hydrogens (tertiary/aromatic N) is 5. The lowest BCUT2D eigenvalue weighted by Gasteiger charge is -2.38. The summed E-state index contributed by atoms with van der Waals surface area (Å²) in [4.78, 5) is 85.6. The van der Waals surface area contributed by atoms with Gasteiger partial charge < -0.3 is 54.9 Å². The maximum Gasteiger partial charge on any atom is 0.315 e. The van der Waals surface area contributed by atoms with Crippen molar-refractivity contribution in [3.05, 3.63) is 94.2 Å². The molecule has 5 bridgehead atoms. The first-order valence-electron chi connectivity index (χ1n) is 24.4. The number of aliphatic hydroxyl groups is 2. The lowest BCUT2D eigenvalue weighted by atomic mass is 9.82. The van der Waals surface area contributed by atoms with E-state index in [1.54, 1.807) is 49.2 Å². The molecule has 1 aromatic heterocycles. The number of benzene rings is 1. The van der Waals surface area contributed by atoms with Crippen molar-refractivity contribution in [3.63, 3.8) is 0 Å². The Morgan fingerprint density at radius 2 is 1.73 bits per heavy atom. The molecule has 18 heteroatoms. The third-order valence-corrected chi connectivity index (χ3v) is 14.0. The van der Waals surface area contributed by atoms with Crippen LogP contribution in [0.1, 0.15) is 111 Å². The molecule has 1 spiro atoms. The second-order valence-corrected chi connectivity index (χ2v) is 19.8. The second-order valence-electron chi connectivity index (χ2n) is 19.8. The minimum Gasteiger partial charge on any atom is -0.507 e. The molecule has 2 fully saturated rings. The van der Waals surface area contributed by atoms with Gasteiger partial charge in [0.15, 0.2) is 0 Å². The second kappa shape index (κ2) is 20.5. The maximum atomic E-state index is 14.7. The van der Waals surface area contributed by atoms with Crippen molar-refractivity contribution in [3.8, 4) is 11.5 Å². The first-order valence-corrected chi connectivity index (χ1v) is 24.4. The number of Topliss-reactive ketones (excluding diaryl/α,β-unsaturated/α-hetero) is 2. The molecule has 0 saturated carbocycles. The van der Waals surface area contributed by atoms with Crippen LogP contribution in [0.3, 0.4) is 0 Å². The number of nitrogens with one attached hydrogen (secondary N) is 2. The molecule has 5 atom stereocenters. The van der Waals surface area contributed by atoms with E-state index in [2.05, 4.69) is 39.3 Å². The zero-order valence-corrected chi connectivity index (χ0v) is 40.8. The summed E-state index contributed by atoms with van der Waals surface area (Å²) in [6.45, 7) is 14.9. The molecule has 6 aliphatic heterocycles. The molecule has 18 nitrogen and oxygen atoms in total. The van der Waals surface area contributed by atoms with Crippen molar-refractivity contribution < 1.29 is 53.5 Å². The Hall–Kier alpha value is -6.37. The quantitative estimate of drug-likeness (QED) is 0.200. The molecule has 1 aromatic carbocycles. The van der Waals surface area contributed by atoms with Gasteiger partial charge >= 0.3 is 11.8 Å². The summed E-state index contributed by atoms with van der Waals surface area (Å²) in [6.07, 6.45) is 7.42. The number of hydrogen-bond donors (Lipinski definition) is 5. The van der Waals surface area contributed by atoms with E-state index in [9.17, 15) is 39.3 Å². The van der Waals surface area contributed by atoms with E-state index >= 15 is 0 Å². The first-order chi connectivity index (χ1) is 33.4. The number of anilines is 1. The van der Waals surface area contributed by atoms with Crippen LogP contribution in [0.15, 0.2) is 76.9 Å². The van der Waals surface area contributed by atoms with Crippen LogP contribution in [-0.2, 0) is 23.9 Å². The van der Waals surface area contributed by atoms with Gasteiger partial charge in [0.1, 0.15) is 41.2 Å². The Bertz CT molecular complexity index is 2550. The van der Waals surface area contributed by atoms with Crippen LogP contribution in [0.4, 0.5) is 5.82 Å². The molecule has 0 radical (unpaired) electrons. The van der Waals surface area contributed by atoms with Gasteiger partial charge in [0.25, 0.3) is 11.7 Å². The number of aromatic hydroxyl groups is 1. The SMILES string of the molecule is C/C1=C/C=C/C(C)[C@H](O)CC(O)C[C@H](OC(=O)CC(=O)N2CCN(c3ccccn3)CC2)CC/C=C/OC2(C)Oc3c(C)c(O)c4c(c3C2=O)C2=NC3(CCN(CC(C)C)CC3)NC2=C(NC1=O)C4=O. The van der Waals surface area contributed by atoms with Crippen LogP contribution in [0.5, 0.6) is 11.5 Å². The molecule has 374 valence electrons. The van der Waals surface area contributed by atoms with Gasteiger partial charge in [-0.3, -0.25) is 29.0 Å². The molecular formula is C52H65N7O11. The number of aliphatic hydroxyl groups excluding tert-OH is 2. The number of hydrogen-bond acceptors (Lipinski definition) is 16. The smallest absolute Gasteiger partial charge is 0.315 e. The van der Waals surface area contributed by atoms with Gasteiger partial charge in [-0.05, 0) is 57.2 Å². The van der Waals surface area contributed by atoms with Crippen LogP contribution in [0.25, 0.3) is 0 Å². The number of pyridine rings is 1. The zero-order valence-electron chi connectivity index (χ0n) is 40.8. The highest BCUT2D eigenvalue weighted by Crippen LogP contribution is 2.50. The van der Waals surface area contributed by atoms with Gasteiger partial charge in [0.2, 0.25) is 11.7 Å². The van der Waals surface area contributed by atoms with Crippen molar-refractivity contribution in [1.82, 2.24) is 25.4 Å². The number of amides is 2. The number of esters is 1. The van der Waals surface area contributed by atoms with Crippen molar-refractivity contribution in [2.24, 2.45) is 16.8 Å². The number of likely N-dealkylation sites (tertiary alicyclic amines) is 1. The highest BCUT2D eigenvalue weighted by molar-refractivity contribution is 6.34. The van der Waals surface area contributed by atoms with E-state index < -0.39 is 71.3 Å². The Balaban J connectivity index is 1.06. The number of piperazine rings is 1. The third kappa shape index (κ3) is 10.4. The fourth-order valence-corrected chi connectivity index (χ4v) is 9.98. The van der Waals surface area contributed by atoms with E-state index in [1.807, 2.05) is 18.2 Å². The third-order valence-electron chi connectivity index (χ3n) is 14.0. The number of phenols is 1. The number of aliphatic imine (C=N–C) groups is 1. The van der Waals surface area contributed by atoms with Crippen LogP contribution in [-0.4, -0.2) is 141 Å². The summed E-state index contributed by atoms with van der Waals surface area (Å²) in [5.74, 6) is -4.61. The summed E-state index contributed by atoms with van der Waals surface area (Å²) >= 11 is 0. The number of phenolic OH excluding ortho intramolecular Hbond substituents is 1. The van der Waals surface area contributed by atoms with E-state index in [4.69, 9.17) is 19.2 Å². The summed E-state index contributed by atoms with van der Waals surface area (Å²) < 4.78 is 18.2. The number of piperidine rings is 1. The molecule has 5 N–H and O–H groups in total. The summed E-state index contributed by atoms with van der Waals surface area (Å²) in [5, 5.41) is 40.5. The highest BCUT2D eigenvalue weighted by atomic mass is 16.7. The van der Waals surface area contributed by atoms with Crippen LogP contribution in [0, 0.1) is 18.8 Å². The molecule has 2 saturated heterocycles. The van der Waals surface area contributed by atoms with Gasteiger partial charge in [-0.25, -0.2) is 4.98 Å². The molecule has 2 aromatic rings. The average molecular weight is 964 g/mol. The minimum absolute atomic E-state index is 0.0184. The van der Waals surface area contributed by atoms with Crippen molar-refractivity contribution >= 4 is 40.9 Å². The molecule has 1 aliphatic carbocycles. The molecular weight excluding hydrogens is 899 g/mol. The molecule has 7 heterocycles. The summed E-state index contributed by atoms with van der Waals surface area (Å²) in [6, 6.07) is 5.64. The fraction of sp³-hybridized carbons (Fsp3) is 0.519. The van der Waals surface area contributed by atoms with E-state index in [-0.39, 0.29) is 82.3 Å². The van der Waals surface area contributed by atoms with Gasteiger partial charge in [-0.15, -0.1) is 0 Å². The van der Waals surface area contributed by atoms with Crippen LogP contribution in [0.2, 0.25) is 0 Å². The lowest BCUT2D eigenvalue weighted by Crippen LogP contribution is -2.50. The molecule has 2 amide bonds. The molecule has 3 unspecified atom stereocenters. The monoisotopic (exact) mass is 963 g/mol. The predicted molar refractivity (Wildman–Crippen MR) is 259 cm³/mol. The van der Waals surface area contributed by atoms with Gasteiger partial charge in [0.05, 0.1) is 41.0 Å². The predicted octanol–water partition coefficient (Wildman–Crippen LogP) is 4.37. The molecule has 7 aliphatic rings. The number of allylic oxidation sites excluding steroid dienone is 5. The summed E-state index contributed by atoms with van der Waals surface area (Å²) in [7, 11) is 0. The number of carbonyl (C=O) groups excluding carboxylic acids is 5. The van der Waals surface area contributed by atoms with E-state index in [0.29, 0.717) is 58.0 Å². The molecule has 9 rings (SSSR count). The number of fused-ring (bicyclic) bond motifs is 13. The van der Waals surface area contributed by atoms with Crippen LogP contribution >= 0.6 is 0 Å². The lowest BCUT2D eigenvalue weighted by molar-refractivity contribution is -0.155. The Labute approximate surface area is 408 Å².